The Morgan fingerprint density at radius 2 is 2.00 bits per heavy atom. The van der Waals surface area contributed by atoms with Gasteiger partial charge in [0.1, 0.15) is 0 Å². The minimum Gasteiger partial charge on any atom is -0.395 e. The van der Waals surface area contributed by atoms with Crippen LogP contribution in [0.1, 0.15) is 30.5 Å². The summed E-state index contributed by atoms with van der Waals surface area (Å²) in [5.74, 6) is 0. The summed E-state index contributed by atoms with van der Waals surface area (Å²) in [6.07, 6.45) is 1.12. The summed E-state index contributed by atoms with van der Waals surface area (Å²) in [6.45, 7) is 9.27. The average molecular weight is 221 g/mol. The molecule has 0 unspecified atom stereocenters. The van der Waals surface area contributed by atoms with Crippen molar-refractivity contribution in [2.24, 2.45) is 0 Å². The van der Waals surface area contributed by atoms with Crippen molar-refractivity contribution in [3.05, 3.63) is 34.9 Å². The summed E-state index contributed by atoms with van der Waals surface area (Å²) in [5, 5.41) is 8.88. The van der Waals surface area contributed by atoms with Crippen LogP contribution in [-0.2, 0) is 13.0 Å². The first-order valence-corrected chi connectivity index (χ1v) is 6.21. The van der Waals surface area contributed by atoms with Gasteiger partial charge in [0.25, 0.3) is 0 Å². The van der Waals surface area contributed by atoms with Gasteiger partial charge < -0.3 is 5.11 Å². The highest BCUT2D eigenvalue weighted by Gasteiger charge is 2.14. The van der Waals surface area contributed by atoms with E-state index in [1.54, 1.807) is 0 Å². The van der Waals surface area contributed by atoms with E-state index < -0.39 is 0 Å². The number of hydrogen-bond acceptors (Lipinski definition) is 2. The maximum absolute atomic E-state index is 8.88. The number of β-amino-alcohol motifs (C(OH)–C–C–N with tert-alkyl or cyclic N) is 1. The third-order valence-corrected chi connectivity index (χ3v) is 2.87. The minimum absolute atomic E-state index is 0.265. The molecule has 1 aliphatic rings. The summed E-state index contributed by atoms with van der Waals surface area (Å²) in [6, 6.07) is 6.68. The Kier molecular flexibility index (Phi) is 5.50. The average Bonchev–Trinajstić information content (AvgIpc) is 2.31. The van der Waals surface area contributed by atoms with Gasteiger partial charge in [0, 0.05) is 19.6 Å². The molecule has 0 radical (unpaired) electrons. The van der Waals surface area contributed by atoms with E-state index in [1.165, 1.54) is 16.7 Å². The van der Waals surface area contributed by atoms with Crippen LogP contribution in [0.15, 0.2) is 18.2 Å². The van der Waals surface area contributed by atoms with Crippen molar-refractivity contribution in [2.45, 2.75) is 33.7 Å². The van der Waals surface area contributed by atoms with Crippen molar-refractivity contribution >= 4 is 0 Å². The molecule has 2 heteroatoms. The fraction of sp³-hybridized carbons (Fsp3) is 0.571. The van der Waals surface area contributed by atoms with E-state index >= 15 is 0 Å². The molecule has 0 aliphatic carbocycles. The third kappa shape index (κ3) is 3.32. The molecule has 16 heavy (non-hydrogen) atoms. The highest BCUT2D eigenvalue weighted by Crippen LogP contribution is 2.19. The molecule has 1 aromatic rings. The number of rotatable bonds is 2. The number of aryl methyl sites for hydroxylation is 1. The summed E-state index contributed by atoms with van der Waals surface area (Å²) < 4.78 is 0. The normalized spacial score (nSPS) is 15.0. The second-order valence-electron chi connectivity index (χ2n) is 4.02. The summed E-state index contributed by atoms with van der Waals surface area (Å²) in [7, 11) is 0. The topological polar surface area (TPSA) is 23.5 Å². The van der Waals surface area contributed by atoms with Gasteiger partial charge in [-0.2, -0.15) is 0 Å². The van der Waals surface area contributed by atoms with E-state index in [2.05, 4.69) is 30.0 Å². The van der Waals surface area contributed by atoms with E-state index in [-0.39, 0.29) is 6.61 Å². The lowest BCUT2D eigenvalue weighted by Crippen LogP contribution is -2.32. The number of hydrogen-bond donors (Lipinski definition) is 1. The van der Waals surface area contributed by atoms with Crippen molar-refractivity contribution in [1.82, 2.24) is 4.90 Å². The zero-order chi connectivity index (χ0) is 12.0. The number of aliphatic hydroxyl groups excluding tert-OH is 1. The largest absolute Gasteiger partial charge is 0.395 e. The molecule has 2 rings (SSSR count). The van der Waals surface area contributed by atoms with Crippen LogP contribution in [0.4, 0.5) is 0 Å². The standard InChI is InChI=1S/C12H17NO.C2H6/c1-10-2-3-11-4-5-13(6-7-14)9-12(11)8-10;1-2/h2-3,8,14H,4-7,9H2,1H3;1-2H3. The second-order valence-corrected chi connectivity index (χ2v) is 4.02. The van der Waals surface area contributed by atoms with Gasteiger partial charge in [-0.3, -0.25) is 4.90 Å². The van der Waals surface area contributed by atoms with Gasteiger partial charge in [-0.05, 0) is 24.5 Å². The molecule has 0 fully saturated rings. The Morgan fingerprint density at radius 1 is 1.25 bits per heavy atom. The van der Waals surface area contributed by atoms with Crippen LogP contribution < -0.4 is 0 Å². The van der Waals surface area contributed by atoms with Crippen LogP contribution >= 0.6 is 0 Å². The van der Waals surface area contributed by atoms with Crippen molar-refractivity contribution in [1.29, 1.82) is 0 Å². The van der Waals surface area contributed by atoms with Crippen molar-refractivity contribution in [3.63, 3.8) is 0 Å². The van der Waals surface area contributed by atoms with Gasteiger partial charge in [0.05, 0.1) is 6.61 Å². The van der Waals surface area contributed by atoms with Crippen LogP contribution in [0.2, 0.25) is 0 Å². The summed E-state index contributed by atoms with van der Waals surface area (Å²) >= 11 is 0. The van der Waals surface area contributed by atoms with Crippen LogP contribution in [0.25, 0.3) is 0 Å². The molecule has 0 bridgehead atoms. The minimum atomic E-state index is 0.265. The molecule has 0 amide bonds. The highest BCUT2D eigenvalue weighted by molar-refractivity contribution is 5.33. The van der Waals surface area contributed by atoms with Crippen molar-refractivity contribution in [2.75, 3.05) is 19.7 Å². The molecular weight excluding hydrogens is 198 g/mol. The van der Waals surface area contributed by atoms with E-state index in [1.807, 2.05) is 13.8 Å². The summed E-state index contributed by atoms with van der Waals surface area (Å²) in [5.41, 5.74) is 4.24. The molecule has 0 atom stereocenters. The van der Waals surface area contributed by atoms with Gasteiger partial charge in [0.2, 0.25) is 0 Å². The van der Waals surface area contributed by atoms with Crippen LogP contribution in [-0.4, -0.2) is 29.7 Å². The highest BCUT2D eigenvalue weighted by atomic mass is 16.3. The van der Waals surface area contributed by atoms with Crippen molar-refractivity contribution < 1.29 is 5.11 Å². The molecule has 90 valence electrons. The Labute approximate surface area is 98.9 Å². The maximum atomic E-state index is 8.88. The molecule has 0 spiro atoms. The van der Waals surface area contributed by atoms with E-state index in [0.717, 1.165) is 26.1 Å². The summed E-state index contributed by atoms with van der Waals surface area (Å²) in [4.78, 5) is 2.31. The van der Waals surface area contributed by atoms with Gasteiger partial charge >= 0.3 is 0 Å². The smallest absolute Gasteiger partial charge is 0.0558 e. The van der Waals surface area contributed by atoms with E-state index in [4.69, 9.17) is 5.11 Å². The molecule has 1 aliphatic heterocycles. The third-order valence-electron chi connectivity index (χ3n) is 2.87. The predicted molar refractivity (Wildman–Crippen MR) is 68.6 cm³/mol. The fourth-order valence-corrected chi connectivity index (χ4v) is 2.08. The van der Waals surface area contributed by atoms with E-state index in [9.17, 15) is 0 Å². The van der Waals surface area contributed by atoms with Crippen LogP contribution in [0.5, 0.6) is 0 Å². The predicted octanol–water partition coefficient (Wildman–Crippen LogP) is 2.37. The first kappa shape index (κ1) is 13.2. The number of fused-ring (bicyclic) bond motifs is 1. The maximum Gasteiger partial charge on any atom is 0.0558 e. The Bertz CT molecular complexity index is 323. The van der Waals surface area contributed by atoms with E-state index in [0.29, 0.717) is 0 Å². The van der Waals surface area contributed by atoms with Crippen molar-refractivity contribution in [3.8, 4) is 0 Å². The van der Waals surface area contributed by atoms with Crippen LogP contribution in [0.3, 0.4) is 0 Å². The lowest BCUT2D eigenvalue weighted by Gasteiger charge is -2.28. The lowest BCUT2D eigenvalue weighted by molar-refractivity contribution is 0.184. The van der Waals surface area contributed by atoms with Gasteiger partial charge in [-0.15, -0.1) is 0 Å². The monoisotopic (exact) mass is 221 g/mol. The number of nitrogens with zero attached hydrogens (tertiary/aromatic N) is 1. The first-order chi connectivity index (χ1) is 7.79. The van der Waals surface area contributed by atoms with Gasteiger partial charge in [-0.1, -0.05) is 37.6 Å². The number of benzene rings is 1. The molecule has 0 saturated carbocycles. The molecule has 1 N–H and O–H groups in total. The Hall–Kier alpha value is -0.860. The number of aliphatic hydroxyl groups is 1. The Balaban J connectivity index is 0.000000606. The first-order valence-electron chi connectivity index (χ1n) is 6.21. The molecule has 1 heterocycles. The van der Waals surface area contributed by atoms with Crippen LogP contribution in [0, 0.1) is 6.92 Å². The SMILES string of the molecule is CC.Cc1ccc2c(c1)CN(CCO)CC2. The van der Waals surface area contributed by atoms with Gasteiger partial charge in [-0.25, -0.2) is 0 Å². The quantitative estimate of drug-likeness (QED) is 0.829. The molecule has 2 nitrogen and oxygen atoms in total. The zero-order valence-electron chi connectivity index (χ0n) is 10.7. The lowest BCUT2D eigenvalue weighted by atomic mass is 9.98. The molecule has 0 saturated heterocycles. The Morgan fingerprint density at radius 3 is 2.69 bits per heavy atom. The molecule has 0 aromatic heterocycles. The zero-order valence-corrected chi connectivity index (χ0v) is 10.7. The fourth-order valence-electron chi connectivity index (χ4n) is 2.08. The van der Waals surface area contributed by atoms with Gasteiger partial charge in [0.15, 0.2) is 0 Å². The molecule has 1 aromatic carbocycles. The molecular formula is C14H23NO. The second kappa shape index (κ2) is 6.66.